The molecule has 0 bridgehead atoms. The molecule has 2 rings (SSSR count). The van der Waals surface area contributed by atoms with Crippen molar-refractivity contribution in [3.05, 3.63) is 29.3 Å². The molecule has 1 fully saturated rings. The van der Waals surface area contributed by atoms with Crippen molar-refractivity contribution in [3.8, 4) is 0 Å². The molecule has 1 aliphatic rings. The van der Waals surface area contributed by atoms with Crippen molar-refractivity contribution < 1.29 is 9.90 Å². The zero-order chi connectivity index (χ0) is 15.5. The SMILES string of the molecule is Cc1cccc(NC(=O)CN(C)CC2(O)CCCC2)c1C. The van der Waals surface area contributed by atoms with Gasteiger partial charge < -0.3 is 10.4 Å². The zero-order valence-corrected chi connectivity index (χ0v) is 13.3. The van der Waals surface area contributed by atoms with Crippen LogP contribution in [0.3, 0.4) is 0 Å². The van der Waals surface area contributed by atoms with E-state index >= 15 is 0 Å². The van der Waals surface area contributed by atoms with Gasteiger partial charge in [0, 0.05) is 12.2 Å². The largest absolute Gasteiger partial charge is 0.389 e. The van der Waals surface area contributed by atoms with E-state index in [1.165, 1.54) is 5.56 Å². The number of nitrogens with one attached hydrogen (secondary N) is 1. The predicted molar refractivity (Wildman–Crippen MR) is 85.5 cm³/mol. The number of rotatable bonds is 5. The van der Waals surface area contributed by atoms with Crippen LogP contribution >= 0.6 is 0 Å². The minimum absolute atomic E-state index is 0.0344. The van der Waals surface area contributed by atoms with Gasteiger partial charge in [0.1, 0.15) is 0 Å². The molecule has 0 heterocycles. The van der Waals surface area contributed by atoms with Crippen LogP contribution in [0.1, 0.15) is 36.8 Å². The second kappa shape index (κ2) is 6.58. The van der Waals surface area contributed by atoms with Gasteiger partial charge in [-0.05, 0) is 50.9 Å². The lowest BCUT2D eigenvalue weighted by molar-refractivity contribution is -0.117. The van der Waals surface area contributed by atoms with E-state index in [1.807, 2.05) is 44.0 Å². The van der Waals surface area contributed by atoms with Crippen molar-refractivity contribution in [2.75, 3.05) is 25.5 Å². The van der Waals surface area contributed by atoms with Gasteiger partial charge in [-0.1, -0.05) is 25.0 Å². The number of anilines is 1. The molecule has 0 radical (unpaired) electrons. The number of carbonyl (C=O) groups is 1. The summed E-state index contributed by atoms with van der Waals surface area (Å²) < 4.78 is 0. The van der Waals surface area contributed by atoms with Crippen LogP contribution in [0, 0.1) is 13.8 Å². The van der Waals surface area contributed by atoms with Gasteiger partial charge in [0.15, 0.2) is 0 Å². The van der Waals surface area contributed by atoms with Crippen LogP contribution in [0.25, 0.3) is 0 Å². The Bertz CT molecular complexity index is 508. The third kappa shape index (κ3) is 4.29. The lowest BCUT2D eigenvalue weighted by Gasteiger charge is -2.28. The summed E-state index contributed by atoms with van der Waals surface area (Å²) in [5.74, 6) is -0.0344. The maximum Gasteiger partial charge on any atom is 0.238 e. The number of nitrogens with zero attached hydrogens (tertiary/aromatic N) is 1. The highest BCUT2D eigenvalue weighted by Crippen LogP contribution is 2.29. The average Bonchev–Trinajstić information content (AvgIpc) is 2.81. The van der Waals surface area contributed by atoms with Gasteiger partial charge in [-0.2, -0.15) is 0 Å². The molecule has 0 aliphatic heterocycles. The molecule has 1 aromatic carbocycles. The topological polar surface area (TPSA) is 52.6 Å². The molecule has 0 atom stereocenters. The van der Waals surface area contributed by atoms with Crippen LogP contribution < -0.4 is 5.32 Å². The first-order chi connectivity index (χ1) is 9.89. The number of aryl methyl sites for hydroxylation is 1. The van der Waals surface area contributed by atoms with E-state index < -0.39 is 5.60 Å². The third-order valence-corrected chi connectivity index (χ3v) is 4.39. The van der Waals surface area contributed by atoms with Crippen molar-refractivity contribution in [1.29, 1.82) is 0 Å². The highest BCUT2D eigenvalue weighted by atomic mass is 16.3. The number of amides is 1. The molecule has 21 heavy (non-hydrogen) atoms. The fraction of sp³-hybridized carbons (Fsp3) is 0.588. The van der Waals surface area contributed by atoms with E-state index in [-0.39, 0.29) is 5.91 Å². The Balaban J connectivity index is 1.88. The van der Waals surface area contributed by atoms with Gasteiger partial charge in [-0.3, -0.25) is 9.69 Å². The number of hydrogen-bond acceptors (Lipinski definition) is 3. The Morgan fingerprint density at radius 1 is 1.33 bits per heavy atom. The van der Waals surface area contributed by atoms with Gasteiger partial charge in [-0.25, -0.2) is 0 Å². The van der Waals surface area contributed by atoms with E-state index in [0.29, 0.717) is 13.1 Å². The van der Waals surface area contributed by atoms with E-state index in [2.05, 4.69) is 5.32 Å². The Morgan fingerprint density at radius 2 is 2.00 bits per heavy atom. The highest BCUT2D eigenvalue weighted by Gasteiger charge is 2.32. The third-order valence-electron chi connectivity index (χ3n) is 4.39. The van der Waals surface area contributed by atoms with E-state index in [1.54, 1.807) is 0 Å². The van der Waals surface area contributed by atoms with Crippen LogP contribution in [0.4, 0.5) is 5.69 Å². The Kier molecular flexibility index (Phi) is 5.01. The fourth-order valence-corrected chi connectivity index (χ4v) is 3.07. The monoisotopic (exact) mass is 290 g/mol. The second-order valence-corrected chi connectivity index (χ2v) is 6.40. The van der Waals surface area contributed by atoms with Crippen LogP contribution in [0.2, 0.25) is 0 Å². The molecule has 0 spiro atoms. The maximum absolute atomic E-state index is 12.1. The molecule has 4 nitrogen and oxygen atoms in total. The summed E-state index contributed by atoms with van der Waals surface area (Å²) in [5.41, 5.74) is 2.53. The summed E-state index contributed by atoms with van der Waals surface area (Å²) in [6.07, 6.45) is 3.85. The van der Waals surface area contributed by atoms with E-state index in [0.717, 1.165) is 36.9 Å². The first-order valence-corrected chi connectivity index (χ1v) is 7.67. The molecule has 1 aromatic rings. The van der Waals surface area contributed by atoms with Gasteiger partial charge in [0.25, 0.3) is 0 Å². The standard InChI is InChI=1S/C17H26N2O2/c1-13-7-6-8-15(14(13)2)18-16(20)11-19(3)12-17(21)9-4-5-10-17/h6-8,21H,4-5,9-12H2,1-3H3,(H,18,20). The van der Waals surface area contributed by atoms with Gasteiger partial charge in [-0.15, -0.1) is 0 Å². The number of likely N-dealkylation sites (N-methyl/N-ethyl adjacent to an activating group) is 1. The first kappa shape index (κ1) is 16.0. The number of benzene rings is 1. The minimum atomic E-state index is -0.603. The average molecular weight is 290 g/mol. The summed E-state index contributed by atoms with van der Waals surface area (Å²) in [6, 6.07) is 5.90. The van der Waals surface area contributed by atoms with Crippen molar-refractivity contribution in [2.45, 2.75) is 45.1 Å². The second-order valence-electron chi connectivity index (χ2n) is 6.40. The summed E-state index contributed by atoms with van der Waals surface area (Å²) >= 11 is 0. The summed E-state index contributed by atoms with van der Waals surface area (Å²) in [4.78, 5) is 14.0. The molecular formula is C17H26N2O2. The number of hydrogen-bond donors (Lipinski definition) is 2. The molecule has 1 aliphatic carbocycles. The van der Waals surface area contributed by atoms with Crippen molar-refractivity contribution in [1.82, 2.24) is 4.90 Å². The van der Waals surface area contributed by atoms with Gasteiger partial charge in [0.05, 0.1) is 12.1 Å². The molecule has 0 saturated heterocycles. The molecule has 4 heteroatoms. The molecule has 0 unspecified atom stereocenters. The summed E-state index contributed by atoms with van der Waals surface area (Å²) in [6.45, 7) is 4.91. The molecular weight excluding hydrogens is 264 g/mol. The van der Waals surface area contributed by atoms with Gasteiger partial charge >= 0.3 is 0 Å². The molecule has 1 amide bonds. The number of carbonyl (C=O) groups excluding carboxylic acids is 1. The highest BCUT2D eigenvalue weighted by molar-refractivity contribution is 5.93. The minimum Gasteiger partial charge on any atom is -0.389 e. The molecule has 0 aromatic heterocycles. The first-order valence-electron chi connectivity index (χ1n) is 7.67. The smallest absolute Gasteiger partial charge is 0.238 e. The van der Waals surface area contributed by atoms with Crippen LogP contribution in [0.5, 0.6) is 0 Å². The van der Waals surface area contributed by atoms with Gasteiger partial charge in [0.2, 0.25) is 5.91 Å². The lowest BCUT2D eigenvalue weighted by Crippen LogP contribution is -2.42. The predicted octanol–water partition coefficient (Wildman–Crippen LogP) is 2.48. The zero-order valence-electron chi connectivity index (χ0n) is 13.3. The Hall–Kier alpha value is -1.39. The van der Waals surface area contributed by atoms with E-state index in [4.69, 9.17) is 0 Å². The van der Waals surface area contributed by atoms with Crippen LogP contribution in [-0.4, -0.2) is 41.7 Å². The lowest BCUT2D eigenvalue weighted by atomic mass is 10.0. The van der Waals surface area contributed by atoms with E-state index in [9.17, 15) is 9.90 Å². The summed E-state index contributed by atoms with van der Waals surface area (Å²) in [7, 11) is 1.89. The molecule has 116 valence electrons. The van der Waals surface area contributed by atoms with Crippen molar-refractivity contribution >= 4 is 11.6 Å². The Labute approximate surface area is 127 Å². The van der Waals surface area contributed by atoms with Crippen molar-refractivity contribution in [3.63, 3.8) is 0 Å². The molecule has 2 N–H and O–H groups in total. The van der Waals surface area contributed by atoms with Crippen molar-refractivity contribution in [2.24, 2.45) is 0 Å². The fourth-order valence-electron chi connectivity index (χ4n) is 3.07. The quantitative estimate of drug-likeness (QED) is 0.876. The normalized spacial score (nSPS) is 17.2. The Morgan fingerprint density at radius 3 is 2.67 bits per heavy atom. The van der Waals surface area contributed by atoms with Crippen LogP contribution in [0.15, 0.2) is 18.2 Å². The maximum atomic E-state index is 12.1. The summed E-state index contributed by atoms with van der Waals surface area (Å²) in [5, 5.41) is 13.3. The number of aliphatic hydroxyl groups is 1. The van der Waals surface area contributed by atoms with Crippen LogP contribution in [-0.2, 0) is 4.79 Å². The molecule has 1 saturated carbocycles.